The quantitative estimate of drug-likeness (QED) is 0.860. The predicted octanol–water partition coefficient (Wildman–Crippen LogP) is 2.76. The Balaban J connectivity index is 2.13. The van der Waals surface area contributed by atoms with E-state index in [9.17, 15) is 9.59 Å². The van der Waals surface area contributed by atoms with Gasteiger partial charge < -0.3 is 11.1 Å². The van der Waals surface area contributed by atoms with Crippen molar-refractivity contribution in [2.45, 2.75) is 25.7 Å². The number of primary amides is 1. The van der Waals surface area contributed by atoms with Crippen LogP contribution in [0.5, 0.6) is 0 Å². The molecule has 110 valence electrons. The zero-order valence-electron chi connectivity index (χ0n) is 11.7. The highest BCUT2D eigenvalue weighted by Crippen LogP contribution is 2.25. The van der Waals surface area contributed by atoms with Gasteiger partial charge >= 0.3 is 0 Å². The number of nitrogens with one attached hydrogen (secondary N) is 1. The van der Waals surface area contributed by atoms with Crippen LogP contribution in [0.1, 0.15) is 40.9 Å². The zero-order valence-corrected chi connectivity index (χ0v) is 12.5. The van der Waals surface area contributed by atoms with Crippen molar-refractivity contribution in [3.8, 4) is 0 Å². The Kier molecular flexibility index (Phi) is 5.05. The fraction of sp³-hybridized carbons (Fsp3) is 0.267. The highest BCUT2D eigenvalue weighted by molar-refractivity contribution is 7.17. The van der Waals surface area contributed by atoms with Crippen LogP contribution in [0.15, 0.2) is 36.5 Å². The van der Waals surface area contributed by atoms with Crippen molar-refractivity contribution in [2.75, 3.05) is 5.32 Å². The van der Waals surface area contributed by atoms with Crippen LogP contribution in [0.4, 0.5) is 5.13 Å². The van der Waals surface area contributed by atoms with Crippen molar-refractivity contribution in [1.29, 1.82) is 0 Å². The highest BCUT2D eigenvalue weighted by atomic mass is 32.1. The summed E-state index contributed by atoms with van der Waals surface area (Å²) in [5.74, 6) is -0.883. The first-order valence-corrected chi connectivity index (χ1v) is 7.55. The monoisotopic (exact) mass is 303 g/mol. The van der Waals surface area contributed by atoms with Crippen LogP contribution in [-0.2, 0) is 4.79 Å². The molecule has 1 unspecified atom stereocenters. The van der Waals surface area contributed by atoms with E-state index in [1.165, 1.54) is 6.20 Å². The summed E-state index contributed by atoms with van der Waals surface area (Å²) in [6.07, 6.45) is 3.03. The fourth-order valence-electron chi connectivity index (χ4n) is 2.06. The molecule has 2 amide bonds. The van der Waals surface area contributed by atoms with E-state index in [4.69, 9.17) is 5.73 Å². The minimum absolute atomic E-state index is 0.117. The van der Waals surface area contributed by atoms with Gasteiger partial charge in [0.25, 0.3) is 5.91 Å². The van der Waals surface area contributed by atoms with Gasteiger partial charge in [0.1, 0.15) is 4.88 Å². The Morgan fingerprint density at radius 1 is 1.33 bits per heavy atom. The van der Waals surface area contributed by atoms with Crippen molar-refractivity contribution in [1.82, 2.24) is 4.98 Å². The molecule has 1 atom stereocenters. The third-order valence-corrected chi connectivity index (χ3v) is 4.00. The number of carbonyl (C=O) groups is 2. The molecule has 0 aliphatic carbocycles. The summed E-state index contributed by atoms with van der Waals surface area (Å²) in [7, 11) is 0. The Morgan fingerprint density at radius 2 is 2.05 bits per heavy atom. The molecule has 2 rings (SSSR count). The van der Waals surface area contributed by atoms with Gasteiger partial charge in [0.15, 0.2) is 5.13 Å². The molecule has 0 saturated carbocycles. The Hall–Kier alpha value is -2.21. The molecule has 0 saturated heterocycles. The third-order valence-electron chi connectivity index (χ3n) is 3.07. The maximum Gasteiger partial charge on any atom is 0.260 e. The largest absolute Gasteiger partial charge is 0.365 e. The van der Waals surface area contributed by atoms with Crippen LogP contribution in [0, 0.1) is 0 Å². The molecule has 1 heterocycles. The molecule has 0 aliphatic rings. The second kappa shape index (κ2) is 6.99. The van der Waals surface area contributed by atoms with Gasteiger partial charge in [0.05, 0.1) is 12.1 Å². The molecule has 1 aromatic carbocycles. The van der Waals surface area contributed by atoms with Crippen LogP contribution in [0.2, 0.25) is 0 Å². The number of rotatable bonds is 6. The predicted molar refractivity (Wildman–Crippen MR) is 83.4 cm³/mol. The normalized spacial score (nSPS) is 11.9. The first kappa shape index (κ1) is 15.2. The number of amides is 2. The molecule has 0 fully saturated rings. The Morgan fingerprint density at radius 3 is 2.62 bits per heavy atom. The van der Waals surface area contributed by atoms with Crippen LogP contribution in [-0.4, -0.2) is 16.8 Å². The molecule has 21 heavy (non-hydrogen) atoms. The first-order valence-electron chi connectivity index (χ1n) is 6.73. The van der Waals surface area contributed by atoms with Gasteiger partial charge in [0, 0.05) is 0 Å². The maximum absolute atomic E-state index is 12.4. The van der Waals surface area contributed by atoms with Crippen LogP contribution in [0.25, 0.3) is 0 Å². The van der Waals surface area contributed by atoms with E-state index in [0.29, 0.717) is 10.0 Å². The van der Waals surface area contributed by atoms with E-state index in [0.717, 1.165) is 29.7 Å². The lowest BCUT2D eigenvalue weighted by molar-refractivity contribution is -0.117. The summed E-state index contributed by atoms with van der Waals surface area (Å²) in [4.78, 5) is 27.8. The summed E-state index contributed by atoms with van der Waals surface area (Å²) in [6.45, 7) is 2.04. The van der Waals surface area contributed by atoms with Gasteiger partial charge in [-0.25, -0.2) is 4.98 Å². The average molecular weight is 303 g/mol. The number of anilines is 1. The number of benzene rings is 1. The highest BCUT2D eigenvalue weighted by Gasteiger charge is 2.21. The van der Waals surface area contributed by atoms with E-state index >= 15 is 0 Å². The minimum atomic E-state index is -0.541. The molecule has 6 heteroatoms. The molecule has 1 aromatic heterocycles. The van der Waals surface area contributed by atoms with E-state index < -0.39 is 5.91 Å². The summed E-state index contributed by atoms with van der Waals surface area (Å²) in [6, 6.07) is 9.64. The number of hydrogen-bond acceptors (Lipinski definition) is 4. The van der Waals surface area contributed by atoms with Crippen molar-refractivity contribution in [3.05, 3.63) is 47.0 Å². The van der Waals surface area contributed by atoms with Gasteiger partial charge in [-0.3, -0.25) is 9.59 Å². The summed E-state index contributed by atoms with van der Waals surface area (Å²) in [5.41, 5.74) is 6.15. The lowest BCUT2D eigenvalue weighted by Gasteiger charge is -2.15. The van der Waals surface area contributed by atoms with E-state index in [1.54, 1.807) is 0 Å². The molecular weight excluding hydrogens is 286 g/mol. The lowest BCUT2D eigenvalue weighted by atomic mass is 9.94. The topological polar surface area (TPSA) is 85.1 Å². The van der Waals surface area contributed by atoms with Gasteiger partial charge in [-0.1, -0.05) is 55.0 Å². The van der Waals surface area contributed by atoms with Gasteiger partial charge in [-0.2, -0.15) is 0 Å². The second-order valence-corrected chi connectivity index (χ2v) is 5.67. The molecule has 0 aliphatic heterocycles. The van der Waals surface area contributed by atoms with E-state index in [2.05, 4.69) is 10.3 Å². The smallest absolute Gasteiger partial charge is 0.260 e. The fourth-order valence-corrected chi connectivity index (χ4v) is 2.73. The first-order chi connectivity index (χ1) is 10.1. The summed E-state index contributed by atoms with van der Waals surface area (Å²) < 4.78 is 0. The summed E-state index contributed by atoms with van der Waals surface area (Å²) in [5, 5.41) is 3.16. The molecule has 3 N–H and O–H groups in total. The number of nitrogens with two attached hydrogens (primary N) is 1. The maximum atomic E-state index is 12.4. The molecule has 5 nitrogen and oxygen atoms in total. The molecule has 0 radical (unpaired) electrons. The standard InChI is InChI=1S/C15H17N3O2S/c1-2-6-11(10-7-4-3-5-8-10)14(20)18-15-17-9-12(21-15)13(16)19/h3-5,7-9,11H,2,6H2,1H3,(H2,16,19)(H,17,18,20). The Labute approximate surface area is 127 Å². The minimum Gasteiger partial charge on any atom is -0.365 e. The lowest BCUT2D eigenvalue weighted by Crippen LogP contribution is -2.21. The third kappa shape index (κ3) is 3.88. The number of thiazole rings is 1. The molecular formula is C15H17N3O2S. The average Bonchev–Trinajstić information content (AvgIpc) is 2.94. The van der Waals surface area contributed by atoms with Crippen LogP contribution in [0.3, 0.4) is 0 Å². The van der Waals surface area contributed by atoms with Crippen LogP contribution < -0.4 is 11.1 Å². The Bertz CT molecular complexity index is 625. The van der Waals surface area contributed by atoms with Gasteiger partial charge in [-0.15, -0.1) is 0 Å². The van der Waals surface area contributed by atoms with Gasteiger partial charge in [-0.05, 0) is 12.0 Å². The van der Waals surface area contributed by atoms with Crippen molar-refractivity contribution < 1.29 is 9.59 Å². The van der Waals surface area contributed by atoms with Crippen molar-refractivity contribution in [2.24, 2.45) is 5.73 Å². The molecule has 0 spiro atoms. The number of carbonyl (C=O) groups excluding carboxylic acids is 2. The number of hydrogen-bond donors (Lipinski definition) is 2. The molecule has 2 aromatic rings. The molecule has 0 bridgehead atoms. The van der Waals surface area contributed by atoms with E-state index in [-0.39, 0.29) is 11.8 Å². The van der Waals surface area contributed by atoms with Crippen LogP contribution >= 0.6 is 11.3 Å². The SMILES string of the molecule is CCCC(C(=O)Nc1ncc(C(N)=O)s1)c1ccccc1. The second-order valence-electron chi connectivity index (χ2n) is 4.64. The zero-order chi connectivity index (χ0) is 15.2. The number of aromatic nitrogens is 1. The summed E-state index contributed by atoms with van der Waals surface area (Å²) >= 11 is 1.08. The van der Waals surface area contributed by atoms with E-state index in [1.807, 2.05) is 37.3 Å². The van der Waals surface area contributed by atoms with Gasteiger partial charge in [0.2, 0.25) is 5.91 Å². The van der Waals surface area contributed by atoms with Crippen molar-refractivity contribution >= 4 is 28.3 Å². The number of nitrogens with zero attached hydrogens (tertiary/aromatic N) is 1. The van der Waals surface area contributed by atoms with Crippen molar-refractivity contribution in [3.63, 3.8) is 0 Å².